The van der Waals surface area contributed by atoms with Gasteiger partial charge in [-0.2, -0.15) is 0 Å². The molecule has 3 heteroatoms. The maximum absolute atomic E-state index is 6.04. The highest BCUT2D eigenvalue weighted by atomic mass is 16.5. The van der Waals surface area contributed by atoms with Crippen LogP contribution in [0.1, 0.15) is 32.6 Å². The Morgan fingerprint density at radius 3 is 2.65 bits per heavy atom. The van der Waals surface area contributed by atoms with Crippen molar-refractivity contribution in [3.05, 3.63) is 30.3 Å². The van der Waals surface area contributed by atoms with Crippen molar-refractivity contribution in [3.8, 4) is 5.75 Å². The van der Waals surface area contributed by atoms with E-state index in [-0.39, 0.29) is 0 Å². The second kappa shape index (κ2) is 8.28. The highest BCUT2D eigenvalue weighted by Crippen LogP contribution is 2.32. The predicted molar refractivity (Wildman–Crippen MR) is 81.9 cm³/mol. The molecule has 3 unspecified atom stereocenters. The predicted octanol–water partition coefficient (Wildman–Crippen LogP) is 3.24. The van der Waals surface area contributed by atoms with Crippen LogP contribution in [0.15, 0.2) is 30.3 Å². The zero-order valence-electron chi connectivity index (χ0n) is 12.5. The van der Waals surface area contributed by atoms with Crippen LogP contribution in [0.25, 0.3) is 0 Å². The van der Waals surface area contributed by atoms with Crippen LogP contribution in [0.2, 0.25) is 0 Å². The normalized spacial score (nSPS) is 26.4. The molecule has 0 radical (unpaired) electrons. The number of nitrogens with two attached hydrogens (primary N) is 1. The molecule has 1 saturated carbocycles. The lowest BCUT2D eigenvalue weighted by molar-refractivity contribution is -0.0333. The molecular weight excluding hydrogens is 250 g/mol. The first-order chi connectivity index (χ1) is 9.83. The molecular formula is C17H27NO2. The third kappa shape index (κ3) is 4.50. The van der Waals surface area contributed by atoms with E-state index in [1.165, 1.54) is 19.3 Å². The maximum Gasteiger partial charge on any atom is 0.119 e. The summed E-state index contributed by atoms with van der Waals surface area (Å²) in [6, 6.07) is 9.89. The van der Waals surface area contributed by atoms with Gasteiger partial charge in [-0.15, -0.1) is 0 Å². The van der Waals surface area contributed by atoms with Crippen molar-refractivity contribution in [2.75, 3.05) is 19.8 Å². The molecule has 0 spiro atoms. The topological polar surface area (TPSA) is 44.5 Å². The summed E-state index contributed by atoms with van der Waals surface area (Å²) in [4.78, 5) is 0. The van der Waals surface area contributed by atoms with Gasteiger partial charge in [0, 0.05) is 0 Å². The second-order valence-corrected chi connectivity index (χ2v) is 5.65. The fourth-order valence-electron chi connectivity index (χ4n) is 2.99. The fourth-order valence-corrected chi connectivity index (χ4v) is 2.99. The van der Waals surface area contributed by atoms with Crippen LogP contribution in [0, 0.1) is 11.8 Å². The Balaban J connectivity index is 1.71. The van der Waals surface area contributed by atoms with E-state index in [9.17, 15) is 0 Å². The Labute approximate surface area is 122 Å². The Hall–Kier alpha value is -1.06. The standard InChI is InChI=1S/C17H27NO2/c1-2-14-8-9-15(13-18)17(12-14)20-11-10-19-16-6-4-3-5-7-16/h3-7,14-15,17H,2,8-13,18H2,1H3. The molecule has 1 aromatic rings. The summed E-state index contributed by atoms with van der Waals surface area (Å²) in [5.74, 6) is 2.23. The molecule has 0 saturated heterocycles. The van der Waals surface area contributed by atoms with Crippen molar-refractivity contribution in [1.29, 1.82) is 0 Å². The zero-order valence-corrected chi connectivity index (χ0v) is 12.5. The molecule has 20 heavy (non-hydrogen) atoms. The van der Waals surface area contributed by atoms with Gasteiger partial charge in [-0.1, -0.05) is 31.5 Å². The average molecular weight is 277 g/mol. The van der Waals surface area contributed by atoms with E-state index >= 15 is 0 Å². The van der Waals surface area contributed by atoms with Gasteiger partial charge >= 0.3 is 0 Å². The molecule has 1 fully saturated rings. The van der Waals surface area contributed by atoms with Crippen molar-refractivity contribution in [2.45, 2.75) is 38.7 Å². The Morgan fingerprint density at radius 1 is 1.15 bits per heavy atom. The molecule has 1 aliphatic rings. The summed E-state index contributed by atoms with van der Waals surface area (Å²) in [6.07, 6.45) is 5.23. The van der Waals surface area contributed by atoms with E-state index < -0.39 is 0 Å². The van der Waals surface area contributed by atoms with Crippen molar-refractivity contribution in [3.63, 3.8) is 0 Å². The van der Waals surface area contributed by atoms with E-state index in [0.717, 1.165) is 24.6 Å². The first-order valence-electron chi connectivity index (χ1n) is 7.83. The fraction of sp³-hybridized carbons (Fsp3) is 0.647. The molecule has 0 aliphatic heterocycles. The smallest absolute Gasteiger partial charge is 0.119 e. The summed E-state index contributed by atoms with van der Waals surface area (Å²) >= 11 is 0. The molecule has 112 valence electrons. The van der Waals surface area contributed by atoms with Crippen molar-refractivity contribution < 1.29 is 9.47 Å². The number of para-hydroxylation sites is 1. The summed E-state index contributed by atoms with van der Waals surface area (Å²) < 4.78 is 11.7. The SMILES string of the molecule is CCC1CCC(CN)C(OCCOc2ccccc2)C1. The molecule has 1 aromatic carbocycles. The molecule has 0 heterocycles. The molecule has 3 nitrogen and oxygen atoms in total. The first-order valence-corrected chi connectivity index (χ1v) is 7.83. The third-order valence-electron chi connectivity index (χ3n) is 4.34. The average Bonchev–Trinajstić information content (AvgIpc) is 2.52. The second-order valence-electron chi connectivity index (χ2n) is 5.65. The van der Waals surface area contributed by atoms with E-state index in [0.29, 0.717) is 25.2 Å². The molecule has 0 aromatic heterocycles. The molecule has 0 amide bonds. The number of rotatable bonds is 7. The molecule has 0 bridgehead atoms. The van der Waals surface area contributed by atoms with Gasteiger partial charge in [0.2, 0.25) is 0 Å². The maximum atomic E-state index is 6.04. The highest BCUT2D eigenvalue weighted by molar-refractivity contribution is 5.20. The summed E-state index contributed by atoms with van der Waals surface area (Å²) in [5, 5.41) is 0. The molecule has 1 aliphatic carbocycles. The van der Waals surface area contributed by atoms with Crippen LogP contribution in [0.3, 0.4) is 0 Å². The lowest BCUT2D eigenvalue weighted by Crippen LogP contribution is -2.37. The van der Waals surface area contributed by atoms with Gasteiger partial charge in [0.25, 0.3) is 0 Å². The van der Waals surface area contributed by atoms with E-state index in [1.807, 2.05) is 30.3 Å². The largest absolute Gasteiger partial charge is 0.491 e. The van der Waals surface area contributed by atoms with Gasteiger partial charge in [-0.05, 0) is 49.8 Å². The lowest BCUT2D eigenvalue weighted by atomic mass is 9.78. The summed E-state index contributed by atoms with van der Waals surface area (Å²) in [5.41, 5.74) is 5.86. The van der Waals surface area contributed by atoms with Crippen LogP contribution >= 0.6 is 0 Å². The van der Waals surface area contributed by atoms with Crippen LogP contribution in [-0.2, 0) is 4.74 Å². The third-order valence-corrected chi connectivity index (χ3v) is 4.34. The van der Waals surface area contributed by atoms with Gasteiger partial charge < -0.3 is 15.2 Å². The van der Waals surface area contributed by atoms with Gasteiger partial charge in [-0.3, -0.25) is 0 Å². The minimum Gasteiger partial charge on any atom is -0.491 e. The van der Waals surface area contributed by atoms with Crippen LogP contribution < -0.4 is 10.5 Å². The minimum atomic E-state index is 0.318. The molecule has 2 rings (SSSR count). The number of benzene rings is 1. The number of hydrogen-bond acceptors (Lipinski definition) is 3. The van der Waals surface area contributed by atoms with Crippen molar-refractivity contribution in [1.82, 2.24) is 0 Å². The van der Waals surface area contributed by atoms with Crippen LogP contribution in [0.4, 0.5) is 0 Å². The van der Waals surface area contributed by atoms with Crippen molar-refractivity contribution >= 4 is 0 Å². The number of ether oxygens (including phenoxy) is 2. The van der Waals surface area contributed by atoms with Gasteiger partial charge in [0.1, 0.15) is 12.4 Å². The van der Waals surface area contributed by atoms with Gasteiger partial charge in [0.05, 0.1) is 12.7 Å². The summed E-state index contributed by atoms with van der Waals surface area (Å²) in [6.45, 7) is 4.25. The Kier molecular flexibility index (Phi) is 6.34. The van der Waals surface area contributed by atoms with Gasteiger partial charge in [-0.25, -0.2) is 0 Å². The van der Waals surface area contributed by atoms with E-state index in [2.05, 4.69) is 6.92 Å². The zero-order chi connectivity index (χ0) is 14.2. The quantitative estimate of drug-likeness (QED) is 0.778. The van der Waals surface area contributed by atoms with E-state index in [1.54, 1.807) is 0 Å². The monoisotopic (exact) mass is 277 g/mol. The first kappa shape index (κ1) is 15.3. The van der Waals surface area contributed by atoms with Gasteiger partial charge in [0.15, 0.2) is 0 Å². The van der Waals surface area contributed by atoms with Crippen LogP contribution in [0.5, 0.6) is 5.75 Å². The van der Waals surface area contributed by atoms with Crippen LogP contribution in [-0.4, -0.2) is 25.9 Å². The minimum absolute atomic E-state index is 0.318. The summed E-state index contributed by atoms with van der Waals surface area (Å²) in [7, 11) is 0. The highest BCUT2D eigenvalue weighted by Gasteiger charge is 2.29. The lowest BCUT2D eigenvalue weighted by Gasteiger charge is -2.35. The molecule has 3 atom stereocenters. The Bertz CT molecular complexity index is 369. The number of hydrogen-bond donors (Lipinski definition) is 1. The Morgan fingerprint density at radius 2 is 1.95 bits per heavy atom. The van der Waals surface area contributed by atoms with Crippen molar-refractivity contribution in [2.24, 2.45) is 17.6 Å². The molecule has 2 N–H and O–H groups in total. The van der Waals surface area contributed by atoms with E-state index in [4.69, 9.17) is 15.2 Å².